The number of fused-ring (bicyclic) bond motifs is 1. The second-order valence-electron chi connectivity index (χ2n) is 14.9. The minimum absolute atomic E-state index is 0.0687. The molecule has 0 aliphatic carbocycles. The molecule has 3 fully saturated rings. The molecule has 2 N–H and O–H groups in total. The largest absolute Gasteiger partial charge is 0.370 e. The number of hydrogen-bond acceptors (Lipinski definition) is 12. The number of nitrogens with one attached hydrogen (secondary N) is 2. The number of benzene rings is 2. The van der Waals surface area contributed by atoms with Gasteiger partial charge in [0.1, 0.15) is 11.5 Å². The second-order valence-corrected chi connectivity index (χ2v) is 16.6. The number of anilines is 3. The molecule has 3 aliphatic rings. The summed E-state index contributed by atoms with van der Waals surface area (Å²) in [5.41, 5.74) is 1.04. The van der Waals surface area contributed by atoms with Gasteiger partial charge in [-0.2, -0.15) is 12.7 Å². The quantitative estimate of drug-likeness (QED) is 0.106. The molecule has 8 rings (SSSR count). The van der Waals surface area contributed by atoms with Gasteiger partial charge in [0, 0.05) is 136 Å². The van der Waals surface area contributed by atoms with Crippen molar-refractivity contribution in [3.63, 3.8) is 0 Å². The predicted molar refractivity (Wildman–Crippen MR) is 211 cm³/mol. The fourth-order valence-electron chi connectivity index (χ4n) is 7.74. The summed E-state index contributed by atoms with van der Waals surface area (Å²) in [6.45, 7) is 7.56. The predicted octanol–water partition coefficient (Wildman–Crippen LogP) is 3.52. The molecule has 5 aromatic rings. The maximum Gasteiger partial charge on any atom is 0.301 e. The van der Waals surface area contributed by atoms with E-state index < -0.39 is 43.8 Å². The van der Waals surface area contributed by atoms with Crippen LogP contribution in [0.5, 0.6) is 0 Å². The van der Waals surface area contributed by atoms with Gasteiger partial charge in [-0.15, -0.1) is 0 Å². The first-order valence-corrected chi connectivity index (χ1v) is 20.0. The number of hydrogen-bond donors (Lipinski definition) is 2. The Balaban J connectivity index is 0.860. The van der Waals surface area contributed by atoms with Crippen LogP contribution < -0.4 is 14.5 Å². The third-order valence-electron chi connectivity index (χ3n) is 11.0. The first kappa shape index (κ1) is 38.7. The molecule has 0 bridgehead atoms. The summed E-state index contributed by atoms with van der Waals surface area (Å²) in [4.78, 5) is 61.9. The van der Waals surface area contributed by atoms with E-state index >= 15 is 4.39 Å². The zero-order valence-corrected chi connectivity index (χ0v) is 32.4. The Morgan fingerprint density at radius 1 is 0.948 bits per heavy atom. The number of aromatic amines is 1. The maximum absolute atomic E-state index is 15.6. The van der Waals surface area contributed by atoms with Gasteiger partial charge >= 0.3 is 10.2 Å². The second kappa shape index (κ2) is 15.0. The summed E-state index contributed by atoms with van der Waals surface area (Å²) in [7, 11) is -2.86. The van der Waals surface area contributed by atoms with Crippen LogP contribution in [0.4, 0.5) is 31.8 Å². The van der Waals surface area contributed by atoms with Gasteiger partial charge in [0.25, 0.3) is 5.69 Å². The minimum atomic E-state index is -4.15. The van der Waals surface area contributed by atoms with Crippen molar-refractivity contribution in [3.8, 4) is 11.1 Å². The fourth-order valence-corrected chi connectivity index (χ4v) is 8.67. The number of amides is 1. The summed E-state index contributed by atoms with van der Waals surface area (Å²) >= 11 is 0. The molecule has 0 atom stereocenters. The van der Waals surface area contributed by atoms with Crippen molar-refractivity contribution in [2.45, 2.75) is 6.92 Å². The van der Waals surface area contributed by atoms with Gasteiger partial charge in [0.2, 0.25) is 17.6 Å². The van der Waals surface area contributed by atoms with Crippen LogP contribution in [0, 0.1) is 27.2 Å². The van der Waals surface area contributed by atoms with Crippen molar-refractivity contribution in [3.05, 3.63) is 100 Å². The van der Waals surface area contributed by atoms with Crippen molar-refractivity contribution in [1.29, 1.82) is 0 Å². The molecule has 20 heteroatoms. The highest BCUT2D eigenvalue weighted by atomic mass is 32.2. The van der Waals surface area contributed by atoms with Gasteiger partial charge in [-0.25, -0.2) is 23.7 Å². The molecular weight excluding hydrogens is 777 g/mol. The molecule has 6 heterocycles. The zero-order valence-electron chi connectivity index (χ0n) is 31.6. The minimum Gasteiger partial charge on any atom is -0.370 e. The van der Waals surface area contributed by atoms with Crippen LogP contribution in [0.3, 0.4) is 0 Å². The van der Waals surface area contributed by atoms with Crippen molar-refractivity contribution in [2.75, 3.05) is 87.0 Å². The van der Waals surface area contributed by atoms with Crippen LogP contribution in [0.15, 0.2) is 67.3 Å². The number of nitrogens with zero attached hydrogens (tertiary/aromatic N) is 9. The highest BCUT2D eigenvalue weighted by Crippen LogP contribution is 2.42. The van der Waals surface area contributed by atoms with E-state index in [4.69, 9.17) is 0 Å². The third kappa shape index (κ3) is 7.29. The Hall–Kier alpha value is -6.12. The number of carbonyl (C=O) groups is 2. The number of nitro benzene ring substituents is 1. The summed E-state index contributed by atoms with van der Waals surface area (Å²) in [5, 5.41) is 11.2. The first-order chi connectivity index (χ1) is 27.7. The standard InChI is InChI=1S/C38H39F2N11O6S/c1-3-46(2)58(56,57)45-31-9-8-30(39)33(34(31)40)35(53)29-18-42-36-28(29)14-24(15-41-36)25-16-43-37(44-17-25)49-12-10-48(11-13-49)32(52)19-47-20-38(21-47)22-50(23-38)26-4-6-27(7-5-26)51(54)55/h4-9,14-18,45H,3,10-13,19-23H2,1-2H3,(H,41,42). The lowest BCUT2D eigenvalue weighted by Crippen LogP contribution is -2.73. The van der Waals surface area contributed by atoms with Gasteiger partial charge in [0.05, 0.1) is 22.7 Å². The van der Waals surface area contributed by atoms with E-state index in [1.165, 1.54) is 25.4 Å². The SMILES string of the molecule is CCN(C)S(=O)(=O)Nc1ccc(F)c(C(=O)c2c[nH]c3ncc(-c4cnc(N5CCN(C(=O)CN6CC7(C6)CN(c6ccc([N+](=O)[O-])cc6)C7)CC5)nc4)cc23)c1F. The Morgan fingerprint density at radius 3 is 2.28 bits per heavy atom. The number of ketones is 1. The molecule has 0 radical (unpaired) electrons. The number of rotatable bonds is 12. The maximum atomic E-state index is 15.6. The molecule has 0 unspecified atom stereocenters. The molecule has 2 aromatic carbocycles. The zero-order chi connectivity index (χ0) is 40.9. The third-order valence-corrected chi connectivity index (χ3v) is 12.6. The Bertz CT molecular complexity index is 2520. The molecule has 58 heavy (non-hydrogen) atoms. The highest BCUT2D eigenvalue weighted by Gasteiger charge is 2.52. The van der Waals surface area contributed by atoms with Gasteiger partial charge in [-0.05, 0) is 30.3 Å². The molecule has 302 valence electrons. The number of H-pyrrole nitrogens is 1. The summed E-state index contributed by atoms with van der Waals surface area (Å²) in [6, 6.07) is 9.96. The number of non-ortho nitro benzene ring substituents is 1. The fraction of sp³-hybridized carbons (Fsp3) is 0.342. The van der Waals surface area contributed by atoms with Gasteiger partial charge in [0.15, 0.2) is 5.82 Å². The van der Waals surface area contributed by atoms with Crippen LogP contribution in [0.2, 0.25) is 0 Å². The van der Waals surface area contributed by atoms with Crippen molar-refractivity contribution >= 4 is 55.9 Å². The average Bonchev–Trinajstić information content (AvgIpc) is 3.62. The van der Waals surface area contributed by atoms with Crippen LogP contribution in [-0.4, -0.2) is 132 Å². The van der Waals surface area contributed by atoms with Gasteiger partial charge < -0.3 is 19.7 Å². The number of nitro groups is 1. The van der Waals surface area contributed by atoms with E-state index in [0.29, 0.717) is 55.4 Å². The Morgan fingerprint density at radius 2 is 1.62 bits per heavy atom. The summed E-state index contributed by atoms with van der Waals surface area (Å²) in [6.07, 6.45) is 6.07. The topological polar surface area (TPSA) is 194 Å². The molecule has 3 aromatic heterocycles. The summed E-state index contributed by atoms with van der Waals surface area (Å²) in [5.74, 6) is -2.95. The van der Waals surface area contributed by atoms with Crippen molar-refractivity contribution < 1.29 is 31.7 Å². The normalized spacial score (nSPS) is 16.7. The van der Waals surface area contributed by atoms with E-state index in [-0.39, 0.29) is 34.5 Å². The molecule has 3 saturated heterocycles. The van der Waals surface area contributed by atoms with E-state index in [9.17, 15) is 32.5 Å². The number of likely N-dealkylation sites (tertiary alicyclic amines) is 1. The number of piperazine rings is 1. The molecule has 1 spiro atoms. The van der Waals surface area contributed by atoms with E-state index in [1.807, 2.05) is 9.80 Å². The molecule has 17 nitrogen and oxygen atoms in total. The summed E-state index contributed by atoms with van der Waals surface area (Å²) < 4.78 is 58.6. The van der Waals surface area contributed by atoms with Gasteiger partial charge in [-0.3, -0.25) is 29.3 Å². The van der Waals surface area contributed by atoms with Crippen LogP contribution in [0.25, 0.3) is 22.2 Å². The Kier molecular flexibility index (Phi) is 10.0. The van der Waals surface area contributed by atoms with Crippen LogP contribution in [-0.2, 0) is 15.0 Å². The lowest BCUT2D eigenvalue weighted by molar-refractivity contribution is -0.384. The lowest BCUT2D eigenvalue weighted by atomic mass is 9.72. The van der Waals surface area contributed by atoms with E-state index in [1.54, 1.807) is 43.7 Å². The number of carbonyl (C=O) groups excluding carboxylic acids is 2. The molecule has 0 saturated carbocycles. The average molecular weight is 816 g/mol. The lowest BCUT2D eigenvalue weighted by Gasteiger charge is -2.61. The molecular formula is C38H39F2N11O6S. The Labute approximate surface area is 331 Å². The van der Waals surface area contributed by atoms with Gasteiger partial charge in [-0.1, -0.05) is 6.92 Å². The monoisotopic (exact) mass is 815 g/mol. The van der Waals surface area contributed by atoms with Crippen molar-refractivity contribution in [2.24, 2.45) is 5.41 Å². The van der Waals surface area contributed by atoms with E-state index in [0.717, 1.165) is 48.3 Å². The van der Waals surface area contributed by atoms with E-state index in [2.05, 4.69) is 34.5 Å². The number of halogens is 2. The molecule has 1 amide bonds. The number of aromatic nitrogens is 4. The van der Waals surface area contributed by atoms with Crippen LogP contribution in [0.1, 0.15) is 22.8 Å². The highest BCUT2D eigenvalue weighted by molar-refractivity contribution is 7.90. The van der Waals surface area contributed by atoms with Crippen molar-refractivity contribution in [1.82, 2.24) is 34.0 Å². The van der Waals surface area contributed by atoms with Crippen LogP contribution >= 0.6 is 0 Å². The smallest absolute Gasteiger partial charge is 0.301 e. The first-order valence-electron chi connectivity index (χ1n) is 18.5. The molecule has 3 aliphatic heterocycles. The number of pyridine rings is 1.